The third-order valence-corrected chi connectivity index (χ3v) is 3.69. The maximum atomic E-state index is 11.5. The van der Waals surface area contributed by atoms with Crippen LogP contribution in [-0.4, -0.2) is 27.2 Å². The Hall–Kier alpha value is -1.28. The Morgan fingerprint density at radius 2 is 2.18 bits per heavy atom. The van der Waals surface area contributed by atoms with Gasteiger partial charge < -0.3 is 10.5 Å². The quantitative estimate of drug-likeness (QED) is 0.635. The summed E-state index contributed by atoms with van der Waals surface area (Å²) in [6.45, 7) is 0. The average Bonchev–Trinajstić information content (AvgIpc) is 2.22. The molecule has 0 saturated heterocycles. The molecule has 0 atom stereocenters. The molecule has 3 N–H and O–H groups in total. The van der Waals surface area contributed by atoms with E-state index < -0.39 is 21.7 Å². The van der Waals surface area contributed by atoms with Crippen LogP contribution in [-0.2, 0) is 19.6 Å². The summed E-state index contributed by atoms with van der Waals surface area (Å²) in [4.78, 5) is 10.9. The first-order chi connectivity index (χ1) is 7.84. The fourth-order valence-electron chi connectivity index (χ4n) is 1.04. The van der Waals surface area contributed by atoms with Gasteiger partial charge in [0.05, 0.1) is 12.8 Å². The minimum Gasteiger partial charge on any atom is -0.468 e. The van der Waals surface area contributed by atoms with Crippen molar-refractivity contribution in [2.24, 2.45) is 0 Å². The third kappa shape index (κ3) is 4.23. The normalized spacial score (nSPS) is 10.9. The zero-order chi connectivity index (χ0) is 13.1. The van der Waals surface area contributed by atoms with Crippen molar-refractivity contribution in [3.8, 4) is 0 Å². The molecule has 0 amide bonds. The zero-order valence-corrected chi connectivity index (χ0v) is 11.3. The Labute approximate surface area is 107 Å². The molecular formula is C9H11BrN2O4S. The van der Waals surface area contributed by atoms with E-state index in [0.29, 0.717) is 10.2 Å². The van der Waals surface area contributed by atoms with Crippen LogP contribution in [0.25, 0.3) is 0 Å². The van der Waals surface area contributed by atoms with Crippen molar-refractivity contribution >= 4 is 43.3 Å². The standard InChI is InChI=1S/C9H11BrN2O4S/c1-16-9(13)5-17(14,15)12-6-2-3-7(10)8(11)4-6/h2-4,12H,5,11H2,1H3. The molecule has 6 nitrogen and oxygen atoms in total. The summed E-state index contributed by atoms with van der Waals surface area (Å²) in [5, 5.41) is 0. The van der Waals surface area contributed by atoms with Crippen molar-refractivity contribution in [2.75, 3.05) is 23.3 Å². The molecule has 17 heavy (non-hydrogen) atoms. The maximum Gasteiger partial charge on any atom is 0.322 e. The fourth-order valence-corrected chi connectivity index (χ4v) is 2.27. The Morgan fingerprint density at radius 1 is 1.53 bits per heavy atom. The van der Waals surface area contributed by atoms with Gasteiger partial charge in [-0.15, -0.1) is 0 Å². The molecule has 0 aliphatic carbocycles. The van der Waals surface area contributed by atoms with Crippen LogP contribution in [0.4, 0.5) is 11.4 Å². The number of nitrogen functional groups attached to an aromatic ring is 1. The van der Waals surface area contributed by atoms with Crippen LogP contribution >= 0.6 is 15.9 Å². The number of methoxy groups -OCH3 is 1. The molecule has 0 aromatic heterocycles. The number of nitrogens with one attached hydrogen (secondary N) is 1. The van der Waals surface area contributed by atoms with E-state index in [1.807, 2.05) is 0 Å². The molecule has 94 valence electrons. The first kappa shape index (κ1) is 13.8. The van der Waals surface area contributed by atoms with Gasteiger partial charge in [0.15, 0.2) is 5.75 Å². The molecule has 0 bridgehead atoms. The SMILES string of the molecule is COC(=O)CS(=O)(=O)Nc1ccc(Br)c(N)c1. The van der Waals surface area contributed by atoms with Gasteiger partial charge in [-0.05, 0) is 34.1 Å². The summed E-state index contributed by atoms with van der Waals surface area (Å²) < 4.78 is 30.2. The molecule has 0 unspecified atom stereocenters. The average molecular weight is 323 g/mol. The summed E-state index contributed by atoms with van der Waals surface area (Å²) >= 11 is 3.18. The molecule has 0 spiro atoms. The van der Waals surface area contributed by atoms with Gasteiger partial charge in [-0.1, -0.05) is 0 Å². The lowest BCUT2D eigenvalue weighted by molar-refractivity contribution is -0.137. The molecular weight excluding hydrogens is 312 g/mol. The van der Waals surface area contributed by atoms with E-state index in [2.05, 4.69) is 25.4 Å². The highest BCUT2D eigenvalue weighted by Crippen LogP contribution is 2.23. The van der Waals surface area contributed by atoms with Crippen molar-refractivity contribution in [3.63, 3.8) is 0 Å². The molecule has 1 aromatic carbocycles. The van der Waals surface area contributed by atoms with E-state index in [9.17, 15) is 13.2 Å². The van der Waals surface area contributed by atoms with Crippen LogP contribution in [0.1, 0.15) is 0 Å². The number of esters is 1. The van der Waals surface area contributed by atoms with Gasteiger partial charge in [0, 0.05) is 10.2 Å². The molecule has 8 heteroatoms. The highest BCUT2D eigenvalue weighted by atomic mass is 79.9. The zero-order valence-electron chi connectivity index (χ0n) is 8.94. The number of ether oxygens (including phenoxy) is 1. The molecule has 0 heterocycles. The van der Waals surface area contributed by atoms with Gasteiger partial charge in [0.25, 0.3) is 0 Å². The van der Waals surface area contributed by atoms with Gasteiger partial charge >= 0.3 is 5.97 Å². The molecule has 0 saturated carbocycles. The first-order valence-corrected chi connectivity index (χ1v) is 6.91. The van der Waals surface area contributed by atoms with Crippen LogP contribution < -0.4 is 10.5 Å². The number of carbonyl (C=O) groups excluding carboxylic acids is 1. The largest absolute Gasteiger partial charge is 0.468 e. The number of carbonyl (C=O) groups is 1. The molecule has 1 rings (SSSR count). The Balaban J connectivity index is 2.83. The van der Waals surface area contributed by atoms with Gasteiger partial charge in [-0.3, -0.25) is 9.52 Å². The predicted octanol–water partition coefficient (Wildman–Crippen LogP) is 0.946. The second-order valence-electron chi connectivity index (χ2n) is 3.17. The van der Waals surface area contributed by atoms with Crippen molar-refractivity contribution in [1.82, 2.24) is 0 Å². The van der Waals surface area contributed by atoms with Crippen molar-refractivity contribution in [3.05, 3.63) is 22.7 Å². The van der Waals surface area contributed by atoms with E-state index in [1.165, 1.54) is 12.1 Å². The van der Waals surface area contributed by atoms with Crippen molar-refractivity contribution in [2.45, 2.75) is 0 Å². The lowest BCUT2D eigenvalue weighted by atomic mass is 10.3. The number of benzene rings is 1. The number of halogens is 1. The number of hydrogen-bond donors (Lipinski definition) is 2. The van der Waals surface area contributed by atoms with E-state index in [1.54, 1.807) is 6.07 Å². The number of hydrogen-bond acceptors (Lipinski definition) is 5. The van der Waals surface area contributed by atoms with Crippen molar-refractivity contribution in [1.29, 1.82) is 0 Å². The van der Waals surface area contributed by atoms with Crippen LogP contribution in [0.3, 0.4) is 0 Å². The minimum absolute atomic E-state index is 0.287. The summed E-state index contributed by atoms with van der Waals surface area (Å²) in [7, 11) is -2.65. The van der Waals surface area contributed by atoms with E-state index in [-0.39, 0.29) is 5.69 Å². The molecule has 0 aliphatic rings. The Kier molecular flexibility index (Phi) is 4.35. The number of nitrogens with two attached hydrogens (primary N) is 1. The second-order valence-corrected chi connectivity index (χ2v) is 5.75. The van der Waals surface area contributed by atoms with Gasteiger partial charge in [-0.25, -0.2) is 8.42 Å². The summed E-state index contributed by atoms with van der Waals surface area (Å²) in [5.41, 5.74) is 6.27. The number of sulfonamides is 1. The summed E-state index contributed by atoms with van der Waals surface area (Å²) in [6, 6.07) is 4.57. The van der Waals surface area contributed by atoms with Gasteiger partial charge in [0.2, 0.25) is 10.0 Å². The van der Waals surface area contributed by atoms with Crippen LogP contribution in [0.5, 0.6) is 0 Å². The molecule has 1 aromatic rings. The summed E-state index contributed by atoms with van der Waals surface area (Å²) in [6.07, 6.45) is 0. The lowest BCUT2D eigenvalue weighted by Gasteiger charge is -2.08. The number of anilines is 2. The molecule has 0 radical (unpaired) electrons. The predicted molar refractivity (Wildman–Crippen MR) is 68.0 cm³/mol. The lowest BCUT2D eigenvalue weighted by Crippen LogP contribution is -2.23. The van der Waals surface area contributed by atoms with E-state index in [4.69, 9.17) is 5.73 Å². The van der Waals surface area contributed by atoms with Gasteiger partial charge in [0.1, 0.15) is 0 Å². The van der Waals surface area contributed by atoms with Crippen LogP contribution in [0, 0.1) is 0 Å². The van der Waals surface area contributed by atoms with E-state index >= 15 is 0 Å². The van der Waals surface area contributed by atoms with Crippen LogP contribution in [0.15, 0.2) is 22.7 Å². The van der Waals surface area contributed by atoms with Crippen molar-refractivity contribution < 1.29 is 17.9 Å². The van der Waals surface area contributed by atoms with E-state index in [0.717, 1.165) is 7.11 Å². The molecule has 0 aliphatic heterocycles. The van der Waals surface area contributed by atoms with Crippen LogP contribution in [0.2, 0.25) is 0 Å². The molecule has 0 fully saturated rings. The third-order valence-electron chi connectivity index (χ3n) is 1.80. The maximum absolute atomic E-state index is 11.5. The fraction of sp³-hybridized carbons (Fsp3) is 0.222. The second kappa shape index (κ2) is 5.37. The highest BCUT2D eigenvalue weighted by Gasteiger charge is 2.17. The summed E-state index contributed by atoms with van der Waals surface area (Å²) in [5.74, 6) is -1.57. The first-order valence-electron chi connectivity index (χ1n) is 4.46. The minimum atomic E-state index is -3.77. The Bertz CT molecular complexity index is 530. The smallest absolute Gasteiger partial charge is 0.322 e. The topological polar surface area (TPSA) is 98.5 Å². The monoisotopic (exact) mass is 322 g/mol. The Morgan fingerprint density at radius 3 is 2.71 bits per heavy atom. The number of rotatable bonds is 4. The highest BCUT2D eigenvalue weighted by molar-refractivity contribution is 9.10. The van der Waals surface area contributed by atoms with Gasteiger partial charge in [-0.2, -0.15) is 0 Å².